The molecule has 13 heavy (non-hydrogen) atoms. The Morgan fingerprint density at radius 3 is 1.77 bits per heavy atom. The van der Waals surface area contributed by atoms with E-state index in [2.05, 4.69) is 6.58 Å². The topological polar surface area (TPSA) is 26.0 Å². The first-order chi connectivity index (χ1) is 6.08. The molecule has 0 amide bonds. The average Bonchev–Trinajstić information content (AvgIpc) is 2.04. The fourth-order valence-electron chi connectivity index (χ4n) is 0.525. The molecule has 0 aromatic heterocycles. The van der Waals surface area contributed by atoms with Gasteiger partial charge in [0.15, 0.2) is 0 Å². The number of hydrogen-bond acceptors (Lipinski definition) is 1. The Morgan fingerprint density at radius 1 is 1.08 bits per heavy atom. The summed E-state index contributed by atoms with van der Waals surface area (Å²) in [6, 6.07) is 0. The third kappa shape index (κ3) is 18.1. The highest BCUT2D eigenvalue weighted by Crippen LogP contribution is 1.94. The Balaban J connectivity index is 0. The van der Waals surface area contributed by atoms with Crippen molar-refractivity contribution in [2.24, 2.45) is 5.73 Å². The van der Waals surface area contributed by atoms with Gasteiger partial charge >= 0.3 is 0 Å². The van der Waals surface area contributed by atoms with Crippen LogP contribution in [0, 0.1) is 0 Å². The van der Waals surface area contributed by atoms with Gasteiger partial charge in [0.1, 0.15) is 0 Å². The maximum Gasteiger partial charge on any atom is 0.0313 e. The molecule has 0 rings (SSSR count). The molecule has 0 fully saturated rings. The minimum Gasteiger partial charge on any atom is -0.399 e. The van der Waals surface area contributed by atoms with E-state index in [0.29, 0.717) is 0 Å². The highest BCUT2D eigenvalue weighted by Gasteiger charge is 1.78. The van der Waals surface area contributed by atoms with Crippen molar-refractivity contribution in [3.8, 4) is 0 Å². The third-order valence-electron chi connectivity index (χ3n) is 1.11. The van der Waals surface area contributed by atoms with Crippen molar-refractivity contribution in [2.75, 3.05) is 0 Å². The van der Waals surface area contributed by atoms with Crippen LogP contribution in [0.25, 0.3) is 0 Å². The lowest BCUT2D eigenvalue weighted by Gasteiger charge is -1.89. The highest BCUT2D eigenvalue weighted by atomic mass is 14.5. The normalized spacial score (nSPS) is 11.5. The van der Waals surface area contributed by atoms with Crippen molar-refractivity contribution in [3.63, 3.8) is 0 Å². The molecular formula is C12H21N. The summed E-state index contributed by atoms with van der Waals surface area (Å²) in [5.41, 5.74) is 7.23. The van der Waals surface area contributed by atoms with Crippen molar-refractivity contribution in [1.82, 2.24) is 0 Å². The van der Waals surface area contributed by atoms with Gasteiger partial charge in [-0.25, -0.2) is 0 Å². The molecule has 1 heteroatoms. The van der Waals surface area contributed by atoms with E-state index in [-0.39, 0.29) is 0 Å². The molecule has 0 aromatic rings. The van der Waals surface area contributed by atoms with Gasteiger partial charge in [-0.2, -0.15) is 0 Å². The Morgan fingerprint density at radius 2 is 1.54 bits per heavy atom. The van der Waals surface area contributed by atoms with E-state index in [9.17, 15) is 0 Å². The molecule has 0 aliphatic heterocycles. The third-order valence-corrected chi connectivity index (χ3v) is 1.11. The van der Waals surface area contributed by atoms with Gasteiger partial charge in [-0.1, -0.05) is 30.4 Å². The molecule has 0 aliphatic carbocycles. The largest absolute Gasteiger partial charge is 0.399 e. The zero-order valence-corrected chi connectivity index (χ0v) is 9.17. The maximum absolute atomic E-state index is 5.50. The first-order valence-corrected chi connectivity index (χ1v) is 4.41. The van der Waals surface area contributed by atoms with Crippen LogP contribution in [0.5, 0.6) is 0 Å². The first kappa shape index (κ1) is 14.3. The van der Waals surface area contributed by atoms with Crippen LogP contribution < -0.4 is 5.73 Å². The summed E-state index contributed by atoms with van der Waals surface area (Å²) in [4.78, 5) is 0. The number of nitrogens with two attached hydrogens (primary N) is 1. The quantitative estimate of drug-likeness (QED) is 0.509. The summed E-state index contributed by atoms with van der Waals surface area (Å²) in [6.07, 6.45) is 9.57. The molecule has 1 nitrogen and oxygen atoms in total. The summed E-state index contributed by atoms with van der Waals surface area (Å²) in [5, 5.41) is 0. The second-order valence-corrected chi connectivity index (χ2v) is 2.66. The van der Waals surface area contributed by atoms with Crippen LogP contribution in [0.15, 0.2) is 48.2 Å². The lowest BCUT2D eigenvalue weighted by molar-refractivity contribution is 1.38. The van der Waals surface area contributed by atoms with Gasteiger partial charge in [-0.15, -0.1) is 0 Å². The van der Waals surface area contributed by atoms with Crippen LogP contribution in [-0.2, 0) is 0 Å². The molecule has 0 bridgehead atoms. The molecule has 2 N–H and O–H groups in total. The molecule has 0 aliphatic rings. The SMILES string of the molecule is C/C=C\C.C=C(C)/C=C(N)\C=C/C. The summed E-state index contributed by atoms with van der Waals surface area (Å²) >= 11 is 0. The Bertz CT molecular complexity index is 203. The molecule has 74 valence electrons. The summed E-state index contributed by atoms with van der Waals surface area (Å²) < 4.78 is 0. The fourth-order valence-corrected chi connectivity index (χ4v) is 0.525. The standard InChI is InChI=1S/C8H13N.C4H8/c1-4-5-8(9)6-7(2)3;1-3-4-2/h4-6H,2,9H2,1,3H3;3-4H,1-2H3/b5-4-,8-6+;4-3-. The predicted molar refractivity (Wildman–Crippen MR) is 62.4 cm³/mol. The molecule has 0 radical (unpaired) electrons. The van der Waals surface area contributed by atoms with Gasteiger partial charge in [0.25, 0.3) is 0 Å². The Hall–Kier alpha value is -1.24. The van der Waals surface area contributed by atoms with Gasteiger partial charge in [-0.05, 0) is 39.8 Å². The van der Waals surface area contributed by atoms with E-state index < -0.39 is 0 Å². The van der Waals surface area contributed by atoms with E-state index in [1.54, 1.807) is 0 Å². The van der Waals surface area contributed by atoms with Crippen LogP contribution in [0.1, 0.15) is 27.7 Å². The Kier molecular flexibility index (Phi) is 11.8. The van der Waals surface area contributed by atoms with Crippen molar-refractivity contribution in [2.45, 2.75) is 27.7 Å². The van der Waals surface area contributed by atoms with E-state index in [0.717, 1.165) is 11.3 Å². The van der Waals surface area contributed by atoms with Crippen molar-refractivity contribution < 1.29 is 0 Å². The van der Waals surface area contributed by atoms with Crippen LogP contribution in [0.2, 0.25) is 0 Å². The van der Waals surface area contributed by atoms with Crippen molar-refractivity contribution >= 4 is 0 Å². The number of hydrogen-bond donors (Lipinski definition) is 1. The molecule has 0 spiro atoms. The van der Waals surface area contributed by atoms with Crippen molar-refractivity contribution in [1.29, 1.82) is 0 Å². The molecule has 0 saturated carbocycles. The van der Waals surface area contributed by atoms with Crippen molar-refractivity contribution in [3.05, 3.63) is 48.2 Å². The highest BCUT2D eigenvalue weighted by molar-refractivity contribution is 5.24. The number of allylic oxidation sites excluding steroid dienone is 6. The van der Waals surface area contributed by atoms with Gasteiger partial charge in [0.2, 0.25) is 0 Å². The van der Waals surface area contributed by atoms with Crippen LogP contribution in [0.3, 0.4) is 0 Å². The van der Waals surface area contributed by atoms with Gasteiger partial charge in [-0.3, -0.25) is 0 Å². The minimum atomic E-state index is 0.755. The van der Waals surface area contributed by atoms with E-state index >= 15 is 0 Å². The molecular weight excluding hydrogens is 158 g/mol. The maximum atomic E-state index is 5.50. The smallest absolute Gasteiger partial charge is 0.0313 e. The van der Waals surface area contributed by atoms with E-state index in [4.69, 9.17) is 5.73 Å². The number of rotatable bonds is 2. The summed E-state index contributed by atoms with van der Waals surface area (Å²) in [5.74, 6) is 0. The molecule has 0 aromatic carbocycles. The van der Waals surface area contributed by atoms with Crippen LogP contribution >= 0.6 is 0 Å². The van der Waals surface area contributed by atoms with Gasteiger partial charge < -0.3 is 5.73 Å². The Labute approximate surface area is 82.3 Å². The predicted octanol–water partition coefficient (Wildman–Crippen LogP) is 3.56. The zero-order chi connectivity index (χ0) is 10.7. The first-order valence-electron chi connectivity index (χ1n) is 4.41. The van der Waals surface area contributed by atoms with E-state index in [1.165, 1.54) is 0 Å². The zero-order valence-electron chi connectivity index (χ0n) is 9.17. The second kappa shape index (κ2) is 10.8. The summed E-state index contributed by atoms with van der Waals surface area (Å²) in [6.45, 7) is 11.5. The van der Waals surface area contributed by atoms with Gasteiger partial charge in [0, 0.05) is 5.70 Å². The monoisotopic (exact) mass is 179 g/mol. The molecule has 0 heterocycles. The second-order valence-electron chi connectivity index (χ2n) is 2.66. The lowest BCUT2D eigenvalue weighted by Crippen LogP contribution is -1.91. The van der Waals surface area contributed by atoms with Crippen LogP contribution in [0.4, 0.5) is 0 Å². The van der Waals surface area contributed by atoms with Crippen LogP contribution in [-0.4, -0.2) is 0 Å². The molecule has 0 saturated heterocycles. The minimum absolute atomic E-state index is 0.755. The summed E-state index contributed by atoms with van der Waals surface area (Å²) in [7, 11) is 0. The molecule has 0 unspecified atom stereocenters. The van der Waals surface area contributed by atoms with Gasteiger partial charge in [0.05, 0.1) is 0 Å². The average molecular weight is 179 g/mol. The fraction of sp³-hybridized carbons (Fsp3) is 0.333. The van der Waals surface area contributed by atoms with E-state index in [1.807, 2.05) is 58.1 Å². The lowest BCUT2D eigenvalue weighted by atomic mass is 10.2. The molecule has 0 atom stereocenters.